The van der Waals surface area contributed by atoms with Crippen LogP contribution in [0.2, 0.25) is 0 Å². The predicted molar refractivity (Wildman–Crippen MR) is 72.8 cm³/mol. The molecule has 1 atom stereocenters. The Bertz CT molecular complexity index is 478. The van der Waals surface area contributed by atoms with E-state index in [1.54, 1.807) is 26.0 Å². The highest BCUT2D eigenvalue weighted by atomic mass is 19.4. The van der Waals surface area contributed by atoms with Crippen molar-refractivity contribution in [2.45, 2.75) is 26.1 Å². The summed E-state index contributed by atoms with van der Waals surface area (Å²) >= 11 is 0. The Morgan fingerprint density at radius 3 is 2.62 bits per heavy atom. The van der Waals surface area contributed by atoms with Crippen molar-refractivity contribution in [2.75, 3.05) is 19.6 Å². The van der Waals surface area contributed by atoms with E-state index in [9.17, 15) is 23.1 Å². The average molecular weight is 304 g/mol. The van der Waals surface area contributed by atoms with Gasteiger partial charge in [0.25, 0.3) is 0 Å². The minimum absolute atomic E-state index is 0.0815. The van der Waals surface area contributed by atoms with Gasteiger partial charge in [-0.3, -0.25) is 4.79 Å². The van der Waals surface area contributed by atoms with Crippen molar-refractivity contribution in [2.24, 2.45) is 0 Å². The number of benzene rings is 1. The average Bonchev–Trinajstić information content (AvgIpc) is 2.38. The van der Waals surface area contributed by atoms with Gasteiger partial charge in [-0.15, -0.1) is 0 Å². The number of phenols is 1. The van der Waals surface area contributed by atoms with Gasteiger partial charge in [0.15, 0.2) is 0 Å². The molecule has 0 spiro atoms. The van der Waals surface area contributed by atoms with Crippen molar-refractivity contribution >= 4 is 5.91 Å². The zero-order chi connectivity index (χ0) is 16.0. The molecule has 0 bridgehead atoms. The van der Waals surface area contributed by atoms with Gasteiger partial charge >= 0.3 is 6.18 Å². The summed E-state index contributed by atoms with van der Waals surface area (Å²) in [6, 6.07) is 6.12. The van der Waals surface area contributed by atoms with Crippen molar-refractivity contribution in [3.63, 3.8) is 0 Å². The van der Waals surface area contributed by atoms with Gasteiger partial charge in [-0.1, -0.05) is 12.1 Å². The zero-order valence-corrected chi connectivity index (χ0v) is 11.9. The molecular weight excluding hydrogens is 285 g/mol. The first-order valence-corrected chi connectivity index (χ1v) is 6.60. The molecule has 0 radical (unpaired) electrons. The lowest BCUT2D eigenvalue weighted by molar-refractivity contribution is -0.135. The van der Waals surface area contributed by atoms with E-state index in [2.05, 4.69) is 5.32 Å². The highest BCUT2D eigenvalue weighted by molar-refractivity contribution is 5.78. The fourth-order valence-corrected chi connectivity index (χ4v) is 2.04. The maximum atomic E-state index is 12.0. The number of amides is 1. The van der Waals surface area contributed by atoms with Crippen LogP contribution in [0.5, 0.6) is 5.75 Å². The summed E-state index contributed by atoms with van der Waals surface area (Å²) < 4.78 is 36.1. The maximum Gasteiger partial charge on any atom is 0.401 e. The molecule has 1 rings (SSSR count). The number of nitrogens with one attached hydrogen (secondary N) is 1. The molecule has 0 saturated heterocycles. The van der Waals surface area contributed by atoms with Gasteiger partial charge < -0.3 is 15.3 Å². The highest BCUT2D eigenvalue weighted by Gasteiger charge is 2.27. The van der Waals surface area contributed by atoms with Crippen LogP contribution in [0.1, 0.15) is 25.5 Å². The minimum Gasteiger partial charge on any atom is -0.508 e. The molecule has 1 amide bonds. The molecule has 2 N–H and O–H groups in total. The van der Waals surface area contributed by atoms with Gasteiger partial charge in [0.05, 0.1) is 19.1 Å². The topological polar surface area (TPSA) is 52.6 Å². The number of aromatic hydroxyl groups is 1. The molecule has 0 aromatic heterocycles. The van der Waals surface area contributed by atoms with E-state index in [1.807, 2.05) is 0 Å². The molecule has 1 aromatic carbocycles. The number of likely N-dealkylation sites (N-methyl/N-ethyl adjacent to an activating group) is 1. The fourth-order valence-electron chi connectivity index (χ4n) is 2.04. The molecule has 0 saturated carbocycles. The molecule has 0 aliphatic heterocycles. The molecule has 0 fully saturated rings. The van der Waals surface area contributed by atoms with Crippen LogP contribution in [0.25, 0.3) is 0 Å². The fraction of sp³-hybridized carbons (Fsp3) is 0.500. The third kappa shape index (κ3) is 5.63. The van der Waals surface area contributed by atoms with Crippen LogP contribution < -0.4 is 5.32 Å². The number of rotatable bonds is 6. The molecule has 7 heteroatoms. The van der Waals surface area contributed by atoms with Crippen LogP contribution in [0, 0.1) is 0 Å². The van der Waals surface area contributed by atoms with Crippen molar-refractivity contribution in [3.8, 4) is 5.75 Å². The second-order valence-corrected chi connectivity index (χ2v) is 4.67. The van der Waals surface area contributed by atoms with Gasteiger partial charge in [-0.25, -0.2) is 0 Å². The van der Waals surface area contributed by atoms with E-state index in [-0.39, 0.29) is 18.3 Å². The summed E-state index contributed by atoms with van der Waals surface area (Å²) in [7, 11) is 0. The molecular formula is C14H19F3N2O2. The van der Waals surface area contributed by atoms with E-state index < -0.39 is 18.6 Å². The van der Waals surface area contributed by atoms with Gasteiger partial charge in [-0.2, -0.15) is 13.2 Å². The first kappa shape index (κ1) is 17.3. The van der Waals surface area contributed by atoms with Gasteiger partial charge in [0.1, 0.15) is 5.75 Å². The number of hydrogen-bond acceptors (Lipinski definition) is 3. The lowest BCUT2D eigenvalue weighted by Crippen LogP contribution is -2.42. The predicted octanol–water partition coefficient (Wildman–Crippen LogP) is 2.45. The normalized spacial score (nSPS) is 13.0. The monoisotopic (exact) mass is 304 g/mol. The highest BCUT2D eigenvalue weighted by Crippen LogP contribution is 2.23. The Morgan fingerprint density at radius 1 is 1.43 bits per heavy atom. The van der Waals surface area contributed by atoms with Crippen LogP contribution in [-0.4, -0.2) is 41.7 Å². The largest absolute Gasteiger partial charge is 0.508 e. The Kier molecular flexibility index (Phi) is 6.02. The number of carbonyl (C=O) groups is 1. The summed E-state index contributed by atoms with van der Waals surface area (Å²) in [6.45, 7) is 2.30. The number of nitrogens with zero attached hydrogens (tertiary/aromatic N) is 1. The maximum absolute atomic E-state index is 12.0. The molecule has 1 unspecified atom stereocenters. The lowest BCUT2D eigenvalue weighted by atomic mass is 10.1. The van der Waals surface area contributed by atoms with Crippen LogP contribution >= 0.6 is 0 Å². The van der Waals surface area contributed by atoms with Crippen molar-refractivity contribution in [3.05, 3.63) is 29.8 Å². The van der Waals surface area contributed by atoms with E-state index in [0.29, 0.717) is 6.54 Å². The van der Waals surface area contributed by atoms with Crippen LogP contribution in [-0.2, 0) is 4.79 Å². The van der Waals surface area contributed by atoms with Crippen LogP contribution in [0.3, 0.4) is 0 Å². The second-order valence-electron chi connectivity index (χ2n) is 4.67. The summed E-state index contributed by atoms with van der Waals surface area (Å²) in [6.07, 6.45) is -4.34. The summed E-state index contributed by atoms with van der Waals surface area (Å²) in [5, 5.41) is 11.5. The molecule has 0 aliphatic carbocycles. The number of alkyl halides is 3. The zero-order valence-electron chi connectivity index (χ0n) is 11.9. The summed E-state index contributed by atoms with van der Waals surface area (Å²) in [4.78, 5) is 13.4. The third-order valence-electron chi connectivity index (χ3n) is 3.08. The minimum atomic E-state index is -4.34. The van der Waals surface area contributed by atoms with Gasteiger partial charge in [0.2, 0.25) is 5.91 Å². The van der Waals surface area contributed by atoms with E-state index in [4.69, 9.17) is 0 Å². The molecule has 118 valence electrons. The second kappa shape index (κ2) is 7.31. The molecule has 0 aliphatic rings. The van der Waals surface area contributed by atoms with Crippen LogP contribution in [0.15, 0.2) is 24.3 Å². The lowest BCUT2D eigenvalue weighted by Gasteiger charge is -2.28. The van der Waals surface area contributed by atoms with E-state index >= 15 is 0 Å². The van der Waals surface area contributed by atoms with Gasteiger partial charge in [-0.05, 0) is 31.5 Å². The summed E-state index contributed by atoms with van der Waals surface area (Å²) in [5.41, 5.74) is 0.723. The Hall–Kier alpha value is -1.76. The third-order valence-corrected chi connectivity index (χ3v) is 3.08. The number of carbonyl (C=O) groups excluding carboxylic acids is 1. The van der Waals surface area contributed by atoms with E-state index in [1.165, 1.54) is 17.0 Å². The van der Waals surface area contributed by atoms with E-state index in [0.717, 1.165) is 5.56 Å². The Morgan fingerprint density at radius 2 is 2.10 bits per heavy atom. The molecule has 21 heavy (non-hydrogen) atoms. The number of phenolic OH excluding ortho intramolecular Hbond substituents is 1. The molecule has 0 heterocycles. The standard InChI is InChI=1S/C14H19F3N2O2/c1-3-19(13(21)8-18-9-14(15,16)17)10(2)11-5-4-6-12(20)7-11/h4-7,10,18,20H,3,8-9H2,1-2H3. The number of halogens is 3. The Balaban J connectivity index is 2.66. The smallest absolute Gasteiger partial charge is 0.401 e. The van der Waals surface area contributed by atoms with Crippen molar-refractivity contribution in [1.82, 2.24) is 10.2 Å². The Labute approximate surface area is 121 Å². The van der Waals surface area contributed by atoms with Crippen molar-refractivity contribution < 1.29 is 23.1 Å². The SMILES string of the molecule is CCN(C(=O)CNCC(F)(F)F)C(C)c1cccc(O)c1. The summed E-state index contributed by atoms with van der Waals surface area (Å²) in [5.74, 6) is -0.337. The quantitative estimate of drug-likeness (QED) is 0.849. The molecule has 1 aromatic rings. The van der Waals surface area contributed by atoms with Gasteiger partial charge in [0, 0.05) is 6.54 Å². The number of hydrogen-bond donors (Lipinski definition) is 2. The van der Waals surface area contributed by atoms with Crippen molar-refractivity contribution in [1.29, 1.82) is 0 Å². The first-order chi connectivity index (χ1) is 9.74. The molecule has 4 nitrogen and oxygen atoms in total. The van der Waals surface area contributed by atoms with Crippen LogP contribution in [0.4, 0.5) is 13.2 Å². The first-order valence-electron chi connectivity index (χ1n) is 6.60.